The summed E-state index contributed by atoms with van der Waals surface area (Å²) in [7, 11) is 0. The number of aryl methyl sites for hydroxylation is 1. The first kappa shape index (κ1) is 16.4. The summed E-state index contributed by atoms with van der Waals surface area (Å²) in [4.78, 5) is 20.7. The summed E-state index contributed by atoms with van der Waals surface area (Å²) in [6, 6.07) is 3.61. The standard InChI is InChI=1S/C16H22N4OS/c1-4-15-20-13(10-22-15)6-8-18-14-9-12(5-7-17-14)16(21)19-11(2)3/h5,7,9-11H,4,6,8H2,1-3H3,(H,17,18)(H,19,21). The summed E-state index contributed by atoms with van der Waals surface area (Å²) in [6.45, 7) is 6.74. The predicted octanol–water partition coefficient (Wildman–Crippen LogP) is 2.89. The van der Waals surface area contributed by atoms with Gasteiger partial charge in [-0.15, -0.1) is 11.3 Å². The molecule has 1 amide bonds. The van der Waals surface area contributed by atoms with E-state index in [1.165, 1.54) is 5.01 Å². The summed E-state index contributed by atoms with van der Waals surface area (Å²) < 4.78 is 0. The number of aromatic nitrogens is 2. The van der Waals surface area contributed by atoms with E-state index in [1.807, 2.05) is 13.8 Å². The van der Waals surface area contributed by atoms with Gasteiger partial charge in [0.1, 0.15) is 5.82 Å². The van der Waals surface area contributed by atoms with Gasteiger partial charge in [-0.1, -0.05) is 6.92 Å². The lowest BCUT2D eigenvalue weighted by atomic mass is 10.2. The molecule has 0 unspecified atom stereocenters. The van der Waals surface area contributed by atoms with Crippen molar-refractivity contribution in [1.29, 1.82) is 0 Å². The number of amides is 1. The summed E-state index contributed by atoms with van der Waals surface area (Å²) in [6.07, 6.45) is 3.48. The quantitative estimate of drug-likeness (QED) is 0.824. The highest BCUT2D eigenvalue weighted by atomic mass is 32.1. The van der Waals surface area contributed by atoms with Gasteiger partial charge in [-0.3, -0.25) is 4.79 Å². The molecule has 2 aromatic rings. The van der Waals surface area contributed by atoms with Gasteiger partial charge in [-0.25, -0.2) is 9.97 Å². The van der Waals surface area contributed by atoms with Crippen LogP contribution in [0.25, 0.3) is 0 Å². The molecule has 0 aliphatic rings. The van der Waals surface area contributed by atoms with Crippen molar-refractivity contribution in [3.05, 3.63) is 40.0 Å². The Hall–Kier alpha value is -1.95. The van der Waals surface area contributed by atoms with Crippen molar-refractivity contribution in [1.82, 2.24) is 15.3 Å². The number of carbonyl (C=O) groups is 1. The molecule has 2 rings (SSSR count). The topological polar surface area (TPSA) is 66.9 Å². The fourth-order valence-electron chi connectivity index (χ4n) is 1.96. The highest BCUT2D eigenvalue weighted by Crippen LogP contribution is 2.11. The van der Waals surface area contributed by atoms with Crippen molar-refractivity contribution in [3.8, 4) is 0 Å². The number of pyridine rings is 1. The molecule has 0 saturated heterocycles. The van der Waals surface area contributed by atoms with Gasteiger partial charge in [-0.2, -0.15) is 0 Å². The molecule has 6 heteroatoms. The van der Waals surface area contributed by atoms with E-state index in [0.717, 1.165) is 25.1 Å². The Bertz CT molecular complexity index is 624. The van der Waals surface area contributed by atoms with Crippen molar-refractivity contribution >= 4 is 23.1 Å². The number of rotatable bonds is 7. The van der Waals surface area contributed by atoms with E-state index in [-0.39, 0.29) is 11.9 Å². The first-order chi connectivity index (χ1) is 10.6. The molecular weight excluding hydrogens is 296 g/mol. The molecule has 0 aliphatic heterocycles. The second-order valence-electron chi connectivity index (χ2n) is 5.32. The van der Waals surface area contributed by atoms with Crippen LogP contribution in [-0.2, 0) is 12.8 Å². The molecule has 0 aliphatic carbocycles. The normalized spacial score (nSPS) is 10.7. The number of thiazole rings is 1. The monoisotopic (exact) mass is 318 g/mol. The SMILES string of the molecule is CCc1nc(CCNc2cc(C(=O)NC(C)C)ccn2)cs1. The van der Waals surface area contributed by atoms with Crippen LogP contribution in [0.4, 0.5) is 5.82 Å². The predicted molar refractivity (Wildman–Crippen MR) is 90.5 cm³/mol. The van der Waals surface area contributed by atoms with Gasteiger partial charge in [-0.05, 0) is 32.4 Å². The Morgan fingerprint density at radius 2 is 2.23 bits per heavy atom. The number of nitrogens with one attached hydrogen (secondary N) is 2. The molecule has 2 N–H and O–H groups in total. The van der Waals surface area contributed by atoms with Crippen LogP contribution in [0.3, 0.4) is 0 Å². The summed E-state index contributed by atoms with van der Waals surface area (Å²) >= 11 is 1.70. The molecule has 0 spiro atoms. The molecule has 0 bridgehead atoms. The third-order valence-electron chi connectivity index (χ3n) is 3.03. The van der Waals surface area contributed by atoms with Gasteiger partial charge in [0.15, 0.2) is 0 Å². The van der Waals surface area contributed by atoms with Gasteiger partial charge < -0.3 is 10.6 Å². The van der Waals surface area contributed by atoms with Crippen LogP contribution in [0, 0.1) is 0 Å². The maximum Gasteiger partial charge on any atom is 0.251 e. The highest BCUT2D eigenvalue weighted by Gasteiger charge is 2.08. The average Bonchev–Trinajstić information content (AvgIpc) is 2.95. The van der Waals surface area contributed by atoms with Crippen molar-refractivity contribution in [3.63, 3.8) is 0 Å². The first-order valence-corrected chi connectivity index (χ1v) is 8.40. The lowest BCUT2D eigenvalue weighted by Gasteiger charge is -2.09. The lowest BCUT2D eigenvalue weighted by Crippen LogP contribution is -2.30. The lowest BCUT2D eigenvalue weighted by molar-refractivity contribution is 0.0943. The van der Waals surface area contributed by atoms with Crippen LogP contribution < -0.4 is 10.6 Å². The Labute approximate surface area is 135 Å². The van der Waals surface area contributed by atoms with Crippen LogP contribution in [0.5, 0.6) is 0 Å². The summed E-state index contributed by atoms with van der Waals surface area (Å²) in [5, 5.41) is 9.38. The van der Waals surface area contributed by atoms with Gasteiger partial charge in [0.05, 0.1) is 10.7 Å². The molecule has 2 aromatic heterocycles. The summed E-state index contributed by atoms with van der Waals surface area (Å²) in [5.41, 5.74) is 1.72. The minimum atomic E-state index is -0.0764. The Morgan fingerprint density at radius 1 is 1.41 bits per heavy atom. The fraction of sp³-hybridized carbons (Fsp3) is 0.438. The molecule has 0 aromatic carbocycles. The molecule has 2 heterocycles. The molecule has 118 valence electrons. The van der Waals surface area contributed by atoms with Gasteiger partial charge in [0.2, 0.25) is 0 Å². The van der Waals surface area contributed by atoms with E-state index < -0.39 is 0 Å². The zero-order chi connectivity index (χ0) is 15.9. The van der Waals surface area contributed by atoms with Gasteiger partial charge in [0, 0.05) is 36.1 Å². The summed E-state index contributed by atoms with van der Waals surface area (Å²) in [5.74, 6) is 0.634. The minimum Gasteiger partial charge on any atom is -0.370 e. The molecule has 0 radical (unpaired) electrons. The Balaban J connectivity index is 1.88. The third-order valence-corrected chi connectivity index (χ3v) is 4.07. The molecule has 5 nitrogen and oxygen atoms in total. The van der Waals surface area contributed by atoms with E-state index >= 15 is 0 Å². The largest absolute Gasteiger partial charge is 0.370 e. The maximum atomic E-state index is 12.0. The van der Waals surface area contributed by atoms with E-state index in [4.69, 9.17) is 0 Å². The van der Waals surface area contributed by atoms with Crippen LogP contribution in [0.2, 0.25) is 0 Å². The number of hydrogen-bond acceptors (Lipinski definition) is 5. The maximum absolute atomic E-state index is 12.0. The van der Waals surface area contributed by atoms with Gasteiger partial charge in [0.25, 0.3) is 5.91 Å². The average molecular weight is 318 g/mol. The van der Waals surface area contributed by atoms with Crippen molar-refractivity contribution in [2.75, 3.05) is 11.9 Å². The second kappa shape index (κ2) is 7.89. The smallest absolute Gasteiger partial charge is 0.251 e. The van der Waals surface area contributed by atoms with E-state index in [1.54, 1.807) is 29.7 Å². The molecular formula is C16H22N4OS. The number of hydrogen-bond donors (Lipinski definition) is 2. The van der Waals surface area contributed by atoms with Crippen molar-refractivity contribution in [2.24, 2.45) is 0 Å². The third kappa shape index (κ3) is 4.80. The number of carbonyl (C=O) groups excluding carboxylic acids is 1. The zero-order valence-electron chi connectivity index (χ0n) is 13.2. The second-order valence-corrected chi connectivity index (χ2v) is 6.26. The fourth-order valence-corrected chi connectivity index (χ4v) is 2.74. The molecule has 0 atom stereocenters. The first-order valence-electron chi connectivity index (χ1n) is 7.52. The van der Waals surface area contributed by atoms with Crippen LogP contribution >= 0.6 is 11.3 Å². The Kier molecular flexibility index (Phi) is 5.89. The Morgan fingerprint density at radius 3 is 2.91 bits per heavy atom. The van der Waals surface area contributed by atoms with Gasteiger partial charge >= 0.3 is 0 Å². The minimum absolute atomic E-state index is 0.0764. The highest BCUT2D eigenvalue weighted by molar-refractivity contribution is 7.09. The van der Waals surface area contributed by atoms with Crippen LogP contribution in [0.1, 0.15) is 41.8 Å². The van der Waals surface area contributed by atoms with Crippen molar-refractivity contribution < 1.29 is 4.79 Å². The molecule has 0 fully saturated rings. The van der Waals surface area contributed by atoms with Crippen LogP contribution in [0.15, 0.2) is 23.7 Å². The number of anilines is 1. The number of nitrogens with zero attached hydrogens (tertiary/aromatic N) is 2. The molecule has 0 saturated carbocycles. The van der Waals surface area contributed by atoms with E-state index in [9.17, 15) is 4.79 Å². The van der Waals surface area contributed by atoms with E-state index in [0.29, 0.717) is 11.4 Å². The van der Waals surface area contributed by atoms with Crippen LogP contribution in [-0.4, -0.2) is 28.5 Å². The van der Waals surface area contributed by atoms with Crippen molar-refractivity contribution in [2.45, 2.75) is 39.7 Å². The molecule has 22 heavy (non-hydrogen) atoms. The van der Waals surface area contributed by atoms with E-state index in [2.05, 4.69) is 32.9 Å². The zero-order valence-corrected chi connectivity index (χ0v) is 14.0.